The first-order valence-corrected chi connectivity index (χ1v) is 14.7. The maximum Gasteiger partial charge on any atom is 0.320 e. The molecule has 5 aromatic rings. The minimum atomic E-state index is -0.926. The summed E-state index contributed by atoms with van der Waals surface area (Å²) in [6.45, 7) is 3.85. The number of likely N-dealkylation sites (tertiary alicyclic amines) is 1. The van der Waals surface area contributed by atoms with Crippen LogP contribution in [-0.2, 0) is 18.3 Å². The summed E-state index contributed by atoms with van der Waals surface area (Å²) >= 11 is 0. The van der Waals surface area contributed by atoms with E-state index in [1.807, 2.05) is 67.4 Å². The van der Waals surface area contributed by atoms with Crippen molar-refractivity contribution in [3.05, 3.63) is 102 Å². The average molecular weight is 616 g/mol. The minimum Gasteiger partial charge on any atom is -0.383 e. The molecule has 11 nitrogen and oxygen atoms in total. The highest BCUT2D eigenvalue weighted by molar-refractivity contribution is 5.91. The van der Waals surface area contributed by atoms with Crippen molar-refractivity contribution in [3.8, 4) is 16.9 Å². The van der Waals surface area contributed by atoms with Crippen molar-refractivity contribution < 1.29 is 18.3 Å². The molecule has 1 aliphatic rings. The summed E-state index contributed by atoms with van der Waals surface area (Å²) in [6.07, 6.45) is 7.20. The molecule has 0 saturated carbocycles. The van der Waals surface area contributed by atoms with Gasteiger partial charge in [-0.1, -0.05) is 24.3 Å². The van der Waals surface area contributed by atoms with E-state index < -0.39 is 23.7 Å². The maximum atomic E-state index is 14.4. The topological polar surface area (TPSA) is 107 Å². The van der Waals surface area contributed by atoms with E-state index in [-0.39, 0.29) is 12.0 Å². The third-order valence-corrected chi connectivity index (χ3v) is 8.20. The number of rotatable bonds is 10. The summed E-state index contributed by atoms with van der Waals surface area (Å²) < 4.78 is 39.0. The minimum absolute atomic E-state index is 0.0682. The van der Waals surface area contributed by atoms with Crippen LogP contribution in [-0.4, -0.2) is 79.2 Å². The van der Waals surface area contributed by atoms with Crippen LogP contribution in [0.4, 0.5) is 19.4 Å². The molecule has 3 aromatic heterocycles. The fourth-order valence-corrected chi connectivity index (χ4v) is 5.98. The van der Waals surface area contributed by atoms with Crippen LogP contribution in [0.5, 0.6) is 0 Å². The number of benzene rings is 2. The molecule has 1 unspecified atom stereocenters. The van der Waals surface area contributed by atoms with E-state index in [4.69, 9.17) is 9.84 Å². The highest BCUT2D eigenvalue weighted by Crippen LogP contribution is 2.32. The maximum absolute atomic E-state index is 14.4. The molecule has 0 spiro atoms. The Balaban J connectivity index is 1.29. The Morgan fingerprint density at radius 2 is 1.91 bits per heavy atom. The van der Waals surface area contributed by atoms with Gasteiger partial charge in [0.05, 0.1) is 37.1 Å². The monoisotopic (exact) mass is 615 g/mol. The fraction of sp³-hybridized carbons (Fsp3) is 0.312. The molecule has 13 heteroatoms. The summed E-state index contributed by atoms with van der Waals surface area (Å²) in [6, 6.07) is 14.4. The Hall–Kier alpha value is -4.88. The van der Waals surface area contributed by atoms with E-state index in [0.29, 0.717) is 43.3 Å². The van der Waals surface area contributed by atoms with Gasteiger partial charge in [0, 0.05) is 62.9 Å². The second kappa shape index (κ2) is 13.0. The Labute approximate surface area is 259 Å². The molecule has 0 radical (unpaired) electrons. The van der Waals surface area contributed by atoms with Crippen LogP contribution >= 0.6 is 0 Å². The number of carbonyl (C=O) groups is 1. The predicted octanol–water partition coefficient (Wildman–Crippen LogP) is 4.36. The van der Waals surface area contributed by atoms with Crippen molar-refractivity contribution >= 4 is 11.8 Å². The zero-order valence-corrected chi connectivity index (χ0v) is 25.3. The van der Waals surface area contributed by atoms with E-state index in [1.165, 1.54) is 6.07 Å². The standard InChI is InChI=1S/C32H35F2N9O2/c1-21-30(23-15-36-40(2)16-23)39-43(24-8-5-4-6-9-24)31(21)38-32(44)37-29-19-41(25(20-45-3)17-42-13-7-12-35-42)18-26(29)22-10-11-27(33)28(34)14-22/h4-16,25-26,29H,17-20H2,1-3H3,(H2,37,38,44)/t25?,26-,29+/m0/s1. The van der Waals surface area contributed by atoms with Gasteiger partial charge in [-0.2, -0.15) is 15.3 Å². The van der Waals surface area contributed by atoms with Crippen LogP contribution in [0, 0.1) is 18.6 Å². The van der Waals surface area contributed by atoms with Crippen LogP contribution in [0.15, 0.2) is 79.4 Å². The largest absolute Gasteiger partial charge is 0.383 e. The number of urea groups is 1. The lowest BCUT2D eigenvalue weighted by molar-refractivity contribution is 0.0909. The van der Waals surface area contributed by atoms with E-state index >= 15 is 0 Å². The smallest absolute Gasteiger partial charge is 0.320 e. The van der Waals surface area contributed by atoms with Crippen LogP contribution in [0.25, 0.3) is 16.9 Å². The quantitative estimate of drug-likeness (QED) is 0.242. The lowest BCUT2D eigenvalue weighted by Crippen LogP contribution is -2.45. The van der Waals surface area contributed by atoms with E-state index in [0.717, 1.165) is 22.9 Å². The lowest BCUT2D eigenvalue weighted by atomic mass is 9.94. The molecule has 2 N–H and O–H groups in total. The molecule has 4 heterocycles. The Morgan fingerprint density at radius 3 is 2.60 bits per heavy atom. The molecule has 234 valence electrons. The first-order chi connectivity index (χ1) is 21.8. The molecular weight excluding hydrogens is 580 g/mol. The van der Waals surface area contributed by atoms with E-state index in [2.05, 4.69) is 25.7 Å². The Morgan fingerprint density at radius 1 is 1.09 bits per heavy atom. The van der Waals surface area contributed by atoms with Crippen molar-refractivity contribution in [2.24, 2.45) is 7.05 Å². The number of aryl methyl sites for hydroxylation is 1. The molecular formula is C32H35F2N9O2. The average Bonchev–Trinajstić information content (AvgIpc) is 3.84. The number of ether oxygens (including phenoxy) is 1. The van der Waals surface area contributed by atoms with Crippen LogP contribution in [0.3, 0.4) is 0 Å². The zero-order valence-electron chi connectivity index (χ0n) is 25.3. The second-order valence-corrected chi connectivity index (χ2v) is 11.2. The summed E-state index contributed by atoms with van der Waals surface area (Å²) in [7, 11) is 3.47. The summed E-state index contributed by atoms with van der Waals surface area (Å²) in [5.41, 5.74) is 3.65. The van der Waals surface area contributed by atoms with Gasteiger partial charge in [0.15, 0.2) is 11.6 Å². The van der Waals surface area contributed by atoms with Gasteiger partial charge < -0.3 is 10.1 Å². The van der Waals surface area contributed by atoms with Gasteiger partial charge in [-0.25, -0.2) is 18.3 Å². The number of nitrogens with one attached hydrogen (secondary N) is 2. The molecule has 1 aliphatic heterocycles. The SMILES string of the molecule is COCC(Cn1cccn1)N1C[C@@H](NC(=O)Nc2c(C)c(-c3cnn(C)c3)nn2-c2ccccc2)[C@H](c2ccc(F)c(F)c2)C1. The third kappa shape index (κ3) is 6.49. The number of para-hydroxylation sites is 1. The normalized spacial score (nSPS) is 17.4. The number of methoxy groups -OCH3 is 1. The van der Waals surface area contributed by atoms with Gasteiger partial charge in [-0.15, -0.1) is 0 Å². The van der Waals surface area contributed by atoms with Crippen molar-refractivity contribution in [1.29, 1.82) is 0 Å². The van der Waals surface area contributed by atoms with Crippen molar-refractivity contribution in [1.82, 2.24) is 39.6 Å². The number of halogens is 2. The van der Waals surface area contributed by atoms with Gasteiger partial charge in [-0.05, 0) is 42.8 Å². The number of hydrogen-bond donors (Lipinski definition) is 2. The highest BCUT2D eigenvalue weighted by atomic mass is 19.2. The first-order valence-electron chi connectivity index (χ1n) is 14.7. The number of anilines is 1. The summed E-state index contributed by atoms with van der Waals surface area (Å²) in [5, 5.41) is 19.6. The molecule has 45 heavy (non-hydrogen) atoms. The second-order valence-electron chi connectivity index (χ2n) is 11.2. The lowest BCUT2D eigenvalue weighted by Gasteiger charge is -2.27. The van der Waals surface area contributed by atoms with Crippen LogP contribution in [0.2, 0.25) is 0 Å². The van der Waals surface area contributed by atoms with Gasteiger partial charge in [0.25, 0.3) is 0 Å². The molecule has 0 bridgehead atoms. The number of nitrogens with zero attached hydrogens (tertiary/aromatic N) is 7. The fourth-order valence-electron chi connectivity index (χ4n) is 5.98. The molecule has 2 aromatic carbocycles. The number of amides is 2. The van der Waals surface area contributed by atoms with Gasteiger partial charge >= 0.3 is 6.03 Å². The first kappa shape index (κ1) is 30.2. The van der Waals surface area contributed by atoms with Gasteiger partial charge in [0.1, 0.15) is 11.5 Å². The van der Waals surface area contributed by atoms with Crippen molar-refractivity contribution in [2.45, 2.75) is 31.5 Å². The summed E-state index contributed by atoms with van der Waals surface area (Å²) in [5.74, 6) is -1.65. The van der Waals surface area contributed by atoms with Crippen LogP contribution < -0.4 is 10.6 Å². The van der Waals surface area contributed by atoms with Crippen molar-refractivity contribution in [3.63, 3.8) is 0 Å². The highest BCUT2D eigenvalue weighted by Gasteiger charge is 2.38. The number of carbonyl (C=O) groups excluding carboxylic acids is 1. The predicted molar refractivity (Wildman–Crippen MR) is 165 cm³/mol. The molecule has 6 rings (SSSR count). The zero-order chi connectivity index (χ0) is 31.5. The van der Waals surface area contributed by atoms with E-state index in [1.54, 1.807) is 34.9 Å². The summed E-state index contributed by atoms with van der Waals surface area (Å²) in [4.78, 5) is 15.9. The number of aromatic nitrogens is 6. The molecule has 1 fully saturated rings. The number of hydrogen-bond acceptors (Lipinski definition) is 6. The van der Waals surface area contributed by atoms with Crippen molar-refractivity contribution in [2.75, 3.05) is 32.1 Å². The van der Waals surface area contributed by atoms with Crippen LogP contribution in [0.1, 0.15) is 17.0 Å². The molecule has 3 atom stereocenters. The van der Waals surface area contributed by atoms with Gasteiger partial charge in [-0.3, -0.25) is 19.6 Å². The third-order valence-electron chi connectivity index (χ3n) is 8.20. The molecule has 1 saturated heterocycles. The Bertz CT molecular complexity index is 1750. The van der Waals surface area contributed by atoms with E-state index in [9.17, 15) is 13.6 Å². The molecule has 0 aliphatic carbocycles. The Kier molecular flexibility index (Phi) is 8.71. The molecule has 2 amide bonds. The van der Waals surface area contributed by atoms with Gasteiger partial charge in [0.2, 0.25) is 0 Å².